The van der Waals surface area contributed by atoms with Crippen molar-refractivity contribution in [3.8, 4) is 0 Å². The predicted molar refractivity (Wildman–Crippen MR) is 70.1 cm³/mol. The van der Waals surface area contributed by atoms with E-state index in [1.54, 1.807) is 0 Å². The molecule has 0 bridgehead atoms. The van der Waals surface area contributed by atoms with Gasteiger partial charge in [-0.2, -0.15) is 0 Å². The zero-order chi connectivity index (χ0) is 11.1. The van der Waals surface area contributed by atoms with Gasteiger partial charge in [-0.1, -0.05) is 49.6 Å². The van der Waals surface area contributed by atoms with Gasteiger partial charge in [0.2, 0.25) is 0 Å². The SMILES string of the molecule is C(CCc1ccccc1)=NC1CCCCC1. The van der Waals surface area contributed by atoms with Gasteiger partial charge in [0, 0.05) is 6.04 Å². The van der Waals surface area contributed by atoms with Crippen LogP contribution in [-0.2, 0) is 6.42 Å². The first-order valence-corrected chi connectivity index (χ1v) is 6.51. The van der Waals surface area contributed by atoms with E-state index in [0.29, 0.717) is 6.04 Å². The lowest BCUT2D eigenvalue weighted by Gasteiger charge is -2.17. The Labute approximate surface area is 98.6 Å². The summed E-state index contributed by atoms with van der Waals surface area (Å²) in [4.78, 5) is 4.67. The molecule has 1 nitrogen and oxygen atoms in total. The second-order valence-corrected chi connectivity index (χ2v) is 4.65. The highest BCUT2D eigenvalue weighted by Gasteiger charge is 2.10. The fourth-order valence-electron chi connectivity index (χ4n) is 2.33. The summed E-state index contributed by atoms with van der Waals surface area (Å²) in [6.07, 6.45) is 11.1. The smallest absolute Gasteiger partial charge is 0.0495 e. The molecule has 1 aliphatic carbocycles. The standard InChI is InChI=1S/C15H21N/c1-3-8-14(9-4-1)10-7-13-16-15-11-5-2-6-12-15/h1,3-4,8-9,13,15H,2,5-7,10-12H2. The van der Waals surface area contributed by atoms with Crippen LogP contribution < -0.4 is 0 Å². The number of aryl methyl sites for hydroxylation is 1. The van der Waals surface area contributed by atoms with Crippen molar-refractivity contribution in [1.82, 2.24) is 0 Å². The second kappa shape index (κ2) is 6.47. The van der Waals surface area contributed by atoms with Gasteiger partial charge in [-0.25, -0.2) is 0 Å². The topological polar surface area (TPSA) is 12.4 Å². The first-order chi connectivity index (χ1) is 7.95. The summed E-state index contributed by atoms with van der Waals surface area (Å²) >= 11 is 0. The predicted octanol–water partition coefficient (Wildman–Crippen LogP) is 4.02. The first-order valence-electron chi connectivity index (χ1n) is 6.51. The largest absolute Gasteiger partial charge is 0.294 e. The van der Waals surface area contributed by atoms with Crippen molar-refractivity contribution in [2.24, 2.45) is 4.99 Å². The van der Waals surface area contributed by atoms with Crippen molar-refractivity contribution in [3.05, 3.63) is 35.9 Å². The summed E-state index contributed by atoms with van der Waals surface area (Å²) < 4.78 is 0. The van der Waals surface area contributed by atoms with Crippen LogP contribution in [0.2, 0.25) is 0 Å². The molecule has 0 saturated heterocycles. The normalized spacial score (nSPS) is 18.0. The monoisotopic (exact) mass is 215 g/mol. The number of nitrogens with zero attached hydrogens (tertiary/aromatic N) is 1. The molecule has 0 spiro atoms. The van der Waals surface area contributed by atoms with Crippen molar-refractivity contribution in [3.63, 3.8) is 0 Å². The summed E-state index contributed by atoms with van der Waals surface area (Å²) in [6.45, 7) is 0. The third-order valence-electron chi connectivity index (χ3n) is 3.30. The van der Waals surface area contributed by atoms with Crippen molar-refractivity contribution >= 4 is 6.21 Å². The molecular formula is C15H21N. The van der Waals surface area contributed by atoms with Crippen LogP contribution in [0.25, 0.3) is 0 Å². The van der Waals surface area contributed by atoms with Gasteiger partial charge in [-0.05, 0) is 37.5 Å². The zero-order valence-electron chi connectivity index (χ0n) is 9.94. The van der Waals surface area contributed by atoms with Crippen molar-refractivity contribution < 1.29 is 0 Å². The van der Waals surface area contributed by atoms with Crippen LogP contribution in [-0.4, -0.2) is 12.3 Å². The van der Waals surface area contributed by atoms with Gasteiger partial charge < -0.3 is 0 Å². The highest BCUT2D eigenvalue weighted by Crippen LogP contribution is 2.19. The molecule has 0 N–H and O–H groups in total. The molecule has 0 radical (unpaired) electrons. The van der Waals surface area contributed by atoms with Gasteiger partial charge in [-0.15, -0.1) is 0 Å². The zero-order valence-corrected chi connectivity index (χ0v) is 9.94. The summed E-state index contributed by atoms with van der Waals surface area (Å²) in [6, 6.07) is 11.3. The Morgan fingerprint density at radius 2 is 1.81 bits per heavy atom. The second-order valence-electron chi connectivity index (χ2n) is 4.65. The lowest BCUT2D eigenvalue weighted by Crippen LogP contribution is -2.09. The van der Waals surface area contributed by atoms with Gasteiger partial charge in [0.15, 0.2) is 0 Å². The average molecular weight is 215 g/mol. The maximum atomic E-state index is 4.67. The number of rotatable bonds is 4. The molecule has 1 aromatic rings. The lowest BCUT2D eigenvalue weighted by atomic mass is 9.96. The minimum Gasteiger partial charge on any atom is -0.294 e. The van der Waals surface area contributed by atoms with E-state index in [4.69, 9.17) is 0 Å². The molecule has 0 atom stereocenters. The fourth-order valence-corrected chi connectivity index (χ4v) is 2.33. The number of hydrogen-bond acceptors (Lipinski definition) is 1. The van der Waals surface area contributed by atoms with Crippen molar-refractivity contribution in [2.75, 3.05) is 0 Å². The van der Waals surface area contributed by atoms with Crippen molar-refractivity contribution in [1.29, 1.82) is 0 Å². The van der Waals surface area contributed by atoms with Gasteiger partial charge >= 0.3 is 0 Å². The van der Waals surface area contributed by atoms with E-state index >= 15 is 0 Å². The Bertz CT molecular complexity index is 309. The third kappa shape index (κ3) is 3.80. The van der Waals surface area contributed by atoms with E-state index in [9.17, 15) is 0 Å². The van der Waals surface area contributed by atoms with E-state index in [1.807, 2.05) is 0 Å². The number of aliphatic imine (C=N–C) groups is 1. The Hall–Kier alpha value is -1.11. The van der Waals surface area contributed by atoms with Crippen LogP contribution in [0.3, 0.4) is 0 Å². The van der Waals surface area contributed by atoms with E-state index < -0.39 is 0 Å². The maximum absolute atomic E-state index is 4.67. The molecule has 16 heavy (non-hydrogen) atoms. The molecule has 2 rings (SSSR count). The number of hydrogen-bond donors (Lipinski definition) is 0. The Kier molecular flexibility index (Phi) is 4.60. The molecule has 86 valence electrons. The Morgan fingerprint density at radius 1 is 1.06 bits per heavy atom. The van der Waals surface area contributed by atoms with Crippen LogP contribution >= 0.6 is 0 Å². The Balaban J connectivity index is 1.69. The molecule has 1 aromatic carbocycles. The molecule has 0 aliphatic heterocycles. The highest BCUT2D eigenvalue weighted by atomic mass is 14.8. The summed E-state index contributed by atoms with van der Waals surface area (Å²) in [5, 5.41) is 0. The summed E-state index contributed by atoms with van der Waals surface area (Å²) in [7, 11) is 0. The molecule has 1 saturated carbocycles. The van der Waals surface area contributed by atoms with Gasteiger partial charge in [0.25, 0.3) is 0 Å². The average Bonchev–Trinajstić information content (AvgIpc) is 2.37. The molecule has 1 heteroatoms. The van der Waals surface area contributed by atoms with Crippen molar-refractivity contribution in [2.45, 2.75) is 51.0 Å². The highest BCUT2D eigenvalue weighted by molar-refractivity contribution is 5.58. The lowest BCUT2D eigenvalue weighted by molar-refractivity contribution is 0.444. The minimum absolute atomic E-state index is 0.629. The maximum Gasteiger partial charge on any atom is 0.0495 e. The number of benzene rings is 1. The summed E-state index contributed by atoms with van der Waals surface area (Å²) in [5.74, 6) is 0. The molecule has 1 fully saturated rings. The molecule has 0 heterocycles. The quantitative estimate of drug-likeness (QED) is 0.673. The molecule has 0 aromatic heterocycles. The Morgan fingerprint density at radius 3 is 2.56 bits per heavy atom. The fraction of sp³-hybridized carbons (Fsp3) is 0.533. The molecule has 1 aliphatic rings. The van der Waals surface area contributed by atoms with E-state index in [-0.39, 0.29) is 0 Å². The van der Waals surface area contributed by atoms with Crippen LogP contribution in [0.5, 0.6) is 0 Å². The van der Waals surface area contributed by atoms with Crippen LogP contribution in [0.4, 0.5) is 0 Å². The molecular weight excluding hydrogens is 194 g/mol. The van der Waals surface area contributed by atoms with Gasteiger partial charge in [-0.3, -0.25) is 4.99 Å². The van der Waals surface area contributed by atoms with E-state index in [2.05, 4.69) is 41.5 Å². The summed E-state index contributed by atoms with van der Waals surface area (Å²) in [5.41, 5.74) is 1.41. The van der Waals surface area contributed by atoms with E-state index in [1.165, 1.54) is 37.7 Å². The molecule has 0 unspecified atom stereocenters. The van der Waals surface area contributed by atoms with Crippen LogP contribution in [0, 0.1) is 0 Å². The molecule has 0 amide bonds. The van der Waals surface area contributed by atoms with E-state index in [0.717, 1.165) is 12.8 Å². The van der Waals surface area contributed by atoms with Crippen LogP contribution in [0.15, 0.2) is 35.3 Å². The van der Waals surface area contributed by atoms with Gasteiger partial charge in [0.1, 0.15) is 0 Å². The minimum atomic E-state index is 0.629. The first kappa shape index (κ1) is 11.4. The van der Waals surface area contributed by atoms with Gasteiger partial charge in [0.05, 0.1) is 0 Å². The van der Waals surface area contributed by atoms with Crippen LogP contribution in [0.1, 0.15) is 44.1 Å². The third-order valence-corrected chi connectivity index (χ3v) is 3.30.